The standard InChI is InChI=1S/C12H13ClN4O2/c1-3-14-10-4-8(9(13)5-15-10)11(18)17-12-16-7(2)6-19-12/h4-6H,3H2,1-2H3,(H,14,15)(H,16,17,18). The van der Waals surface area contributed by atoms with Gasteiger partial charge in [0.05, 0.1) is 16.3 Å². The predicted octanol–water partition coefficient (Wildman–Crippen LogP) is 2.72. The molecule has 0 atom stereocenters. The van der Waals surface area contributed by atoms with Gasteiger partial charge in [-0.05, 0) is 19.9 Å². The molecule has 100 valence electrons. The zero-order valence-corrected chi connectivity index (χ0v) is 11.3. The maximum atomic E-state index is 12.0. The lowest BCUT2D eigenvalue weighted by Gasteiger charge is -2.06. The predicted molar refractivity (Wildman–Crippen MR) is 72.6 cm³/mol. The quantitative estimate of drug-likeness (QED) is 0.900. The summed E-state index contributed by atoms with van der Waals surface area (Å²) in [6.07, 6.45) is 2.88. The van der Waals surface area contributed by atoms with Gasteiger partial charge in [-0.3, -0.25) is 10.1 Å². The van der Waals surface area contributed by atoms with Crippen molar-refractivity contribution in [3.05, 3.63) is 34.8 Å². The summed E-state index contributed by atoms with van der Waals surface area (Å²) in [6.45, 7) is 4.40. The van der Waals surface area contributed by atoms with Gasteiger partial charge in [0.2, 0.25) is 0 Å². The first-order valence-corrected chi connectivity index (χ1v) is 6.11. The third kappa shape index (κ3) is 3.23. The first-order chi connectivity index (χ1) is 9.10. The van der Waals surface area contributed by atoms with Gasteiger partial charge in [0.25, 0.3) is 5.91 Å². The summed E-state index contributed by atoms with van der Waals surface area (Å²) >= 11 is 5.96. The van der Waals surface area contributed by atoms with E-state index in [1.165, 1.54) is 12.5 Å². The molecule has 0 spiro atoms. The highest BCUT2D eigenvalue weighted by Gasteiger charge is 2.14. The minimum Gasteiger partial charge on any atom is -0.432 e. The van der Waals surface area contributed by atoms with Crippen LogP contribution in [-0.2, 0) is 0 Å². The van der Waals surface area contributed by atoms with Crippen LogP contribution in [-0.4, -0.2) is 22.4 Å². The number of anilines is 2. The topological polar surface area (TPSA) is 80.0 Å². The largest absolute Gasteiger partial charge is 0.432 e. The molecule has 7 heteroatoms. The number of hydrogen-bond donors (Lipinski definition) is 2. The average Bonchev–Trinajstić information content (AvgIpc) is 2.77. The van der Waals surface area contributed by atoms with Gasteiger partial charge in [-0.15, -0.1) is 0 Å². The number of nitrogens with zero attached hydrogens (tertiary/aromatic N) is 2. The molecule has 2 aromatic heterocycles. The Morgan fingerprint density at radius 2 is 2.32 bits per heavy atom. The van der Waals surface area contributed by atoms with Gasteiger partial charge in [-0.1, -0.05) is 11.6 Å². The molecule has 0 radical (unpaired) electrons. The number of aromatic nitrogens is 2. The van der Waals surface area contributed by atoms with Gasteiger partial charge in [0, 0.05) is 12.7 Å². The third-order valence-corrected chi connectivity index (χ3v) is 2.60. The van der Waals surface area contributed by atoms with E-state index in [4.69, 9.17) is 16.0 Å². The minimum atomic E-state index is -0.395. The van der Waals surface area contributed by atoms with Gasteiger partial charge < -0.3 is 9.73 Å². The zero-order valence-electron chi connectivity index (χ0n) is 10.5. The van der Waals surface area contributed by atoms with Crippen LogP contribution >= 0.6 is 11.6 Å². The monoisotopic (exact) mass is 280 g/mol. The number of aryl methyl sites for hydroxylation is 1. The highest BCUT2D eigenvalue weighted by Crippen LogP contribution is 2.19. The van der Waals surface area contributed by atoms with Crippen LogP contribution in [0.15, 0.2) is 22.9 Å². The van der Waals surface area contributed by atoms with Gasteiger partial charge in [0.1, 0.15) is 12.1 Å². The van der Waals surface area contributed by atoms with E-state index in [0.717, 1.165) is 0 Å². The fourth-order valence-electron chi connectivity index (χ4n) is 1.47. The van der Waals surface area contributed by atoms with Gasteiger partial charge in [0.15, 0.2) is 0 Å². The Balaban J connectivity index is 2.20. The first-order valence-electron chi connectivity index (χ1n) is 5.73. The van der Waals surface area contributed by atoms with Crippen molar-refractivity contribution < 1.29 is 9.21 Å². The molecule has 0 saturated heterocycles. The SMILES string of the molecule is CCNc1cc(C(=O)Nc2nc(C)co2)c(Cl)cn1. The minimum absolute atomic E-state index is 0.139. The maximum absolute atomic E-state index is 12.0. The molecule has 6 nitrogen and oxygen atoms in total. The van der Waals surface area contributed by atoms with E-state index >= 15 is 0 Å². The fourth-order valence-corrected chi connectivity index (χ4v) is 1.66. The van der Waals surface area contributed by atoms with Crippen molar-refractivity contribution in [2.45, 2.75) is 13.8 Å². The lowest BCUT2D eigenvalue weighted by Crippen LogP contribution is -2.14. The number of pyridine rings is 1. The Bertz CT molecular complexity index is 597. The van der Waals surface area contributed by atoms with E-state index in [1.54, 1.807) is 13.0 Å². The van der Waals surface area contributed by atoms with Crippen LogP contribution in [0.5, 0.6) is 0 Å². The number of carbonyl (C=O) groups is 1. The van der Waals surface area contributed by atoms with Crippen LogP contribution in [0.3, 0.4) is 0 Å². The number of hydrogen-bond acceptors (Lipinski definition) is 5. The molecule has 2 N–H and O–H groups in total. The summed E-state index contributed by atoms with van der Waals surface area (Å²) in [4.78, 5) is 20.1. The molecule has 0 aliphatic carbocycles. The maximum Gasteiger partial charge on any atom is 0.301 e. The van der Waals surface area contributed by atoms with Crippen molar-refractivity contribution in [3.63, 3.8) is 0 Å². The Hall–Kier alpha value is -2.08. The second-order valence-corrected chi connectivity index (χ2v) is 4.24. The molecule has 0 saturated carbocycles. The van der Waals surface area contributed by atoms with Crippen LogP contribution in [0.1, 0.15) is 23.0 Å². The summed E-state index contributed by atoms with van der Waals surface area (Å²) in [5.41, 5.74) is 0.993. The van der Waals surface area contributed by atoms with E-state index in [0.29, 0.717) is 23.6 Å². The van der Waals surface area contributed by atoms with Crippen LogP contribution in [0.25, 0.3) is 0 Å². The molecule has 0 aliphatic rings. The molecule has 2 rings (SSSR count). The number of nitrogens with one attached hydrogen (secondary N) is 2. The van der Waals surface area contributed by atoms with Crippen molar-refractivity contribution in [3.8, 4) is 0 Å². The zero-order chi connectivity index (χ0) is 13.8. The lowest BCUT2D eigenvalue weighted by molar-refractivity contribution is 0.102. The molecule has 0 fully saturated rings. The number of oxazole rings is 1. The third-order valence-electron chi connectivity index (χ3n) is 2.30. The van der Waals surface area contributed by atoms with Crippen molar-refractivity contribution in [2.24, 2.45) is 0 Å². The van der Waals surface area contributed by atoms with E-state index in [9.17, 15) is 4.79 Å². The molecule has 0 aromatic carbocycles. The molecule has 2 aromatic rings. The summed E-state index contributed by atoms with van der Waals surface area (Å²) < 4.78 is 5.06. The Kier molecular flexibility index (Phi) is 4.01. The van der Waals surface area contributed by atoms with E-state index in [-0.39, 0.29) is 11.0 Å². The summed E-state index contributed by atoms with van der Waals surface area (Å²) in [5, 5.41) is 5.81. The second kappa shape index (κ2) is 5.71. The summed E-state index contributed by atoms with van der Waals surface area (Å²) in [5.74, 6) is 0.189. The normalized spacial score (nSPS) is 10.3. The number of halogens is 1. The molecule has 0 bridgehead atoms. The van der Waals surface area contributed by atoms with Gasteiger partial charge >= 0.3 is 6.01 Å². The van der Waals surface area contributed by atoms with Crippen molar-refractivity contribution in [2.75, 3.05) is 17.2 Å². The van der Waals surface area contributed by atoms with E-state index in [1.807, 2.05) is 6.92 Å². The smallest absolute Gasteiger partial charge is 0.301 e. The summed E-state index contributed by atoms with van der Waals surface area (Å²) in [6, 6.07) is 1.72. The molecule has 0 unspecified atom stereocenters. The van der Waals surface area contributed by atoms with Crippen LogP contribution in [0.2, 0.25) is 5.02 Å². The Morgan fingerprint density at radius 3 is 2.95 bits per heavy atom. The Labute approximate surface area is 115 Å². The number of rotatable bonds is 4. The van der Waals surface area contributed by atoms with Gasteiger partial charge in [-0.2, -0.15) is 4.98 Å². The molecule has 0 aliphatic heterocycles. The molecular formula is C12H13ClN4O2. The molecule has 2 heterocycles. The second-order valence-electron chi connectivity index (χ2n) is 3.83. The first kappa shape index (κ1) is 13.4. The van der Waals surface area contributed by atoms with Crippen LogP contribution in [0.4, 0.5) is 11.8 Å². The van der Waals surface area contributed by atoms with Crippen LogP contribution in [0, 0.1) is 6.92 Å². The van der Waals surface area contributed by atoms with Crippen molar-refractivity contribution in [1.29, 1.82) is 0 Å². The highest BCUT2D eigenvalue weighted by molar-refractivity contribution is 6.34. The highest BCUT2D eigenvalue weighted by atomic mass is 35.5. The van der Waals surface area contributed by atoms with Crippen molar-refractivity contribution >= 4 is 29.3 Å². The van der Waals surface area contributed by atoms with Crippen LogP contribution < -0.4 is 10.6 Å². The molecule has 19 heavy (non-hydrogen) atoms. The van der Waals surface area contributed by atoms with E-state index < -0.39 is 5.91 Å². The molecular weight excluding hydrogens is 268 g/mol. The number of amides is 1. The fraction of sp³-hybridized carbons (Fsp3) is 0.250. The summed E-state index contributed by atoms with van der Waals surface area (Å²) in [7, 11) is 0. The lowest BCUT2D eigenvalue weighted by atomic mass is 10.2. The molecule has 1 amide bonds. The average molecular weight is 281 g/mol. The number of carbonyl (C=O) groups excluding carboxylic acids is 1. The van der Waals surface area contributed by atoms with E-state index in [2.05, 4.69) is 20.6 Å². The van der Waals surface area contributed by atoms with Gasteiger partial charge in [-0.25, -0.2) is 4.98 Å². The Morgan fingerprint density at radius 1 is 1.53 bits per heavy atom. The van der Waals surface area contributed by atoms with Crippen molar-refractivity contribution in [1.82, 2.24) is 9.97 Å².